The molecule has 0 radical (unpaired) electrons. The van der Waals surface area contributed by atoms with Crippen molar-refractivity contribution in [1.82, 2.24) is 0 Å². The highest BCUT2D eigenvalue weighted by atomic mass is 19.1. The number of hydrogen-bond donors (Lipinski definition) is 2. The lowest BCUT2D eigenvalue weighted by molar-refractivity contribution is 0.147. The smallest absolute Gasteiger partial charge is 0.123 e. The molecule has 2 aromatic carbocycles. The lowest BCUT2D eigenvalue weighted by atomic mass is 9.88. The quantitative estimate of drug-likeness (QED) is 0.902. The predicted octanol–water partition coefficient (Wildman–Crippen LogP) is 3.05. The van der Waals surface area contributed by atoms with Crippen LogP contribution in [-0.2, 0) is 0 Å². The summed E-state index contributed by atoms with van der Waals surface area (Å²) in [6.07, 6.45) is -0.976. The molecule has 0 bridgehead atoms. The van der Waals surface area contributed by atoms with Gasteiger partial charge in [-0.3, -0.25) is 0 Å². The van der Waals surface area contributed by atoms with E-state index < -0.39 is 17.8 Å². The Morgan fingerprint density at radius 2 is 1.75 bits per heavy atom. The third kappa shape index (κ3) is 3.21. The summed E-state index contributed by atoms with van der Waals surface area (Å²) >= 11 is 0. The zero-order chi connectivity index (χ0) is 14.7. The summed E-state index contributed by atoms with van der Waals surface area (Å²) in [5, 5.41) is 10.4. The molecule has 0 spiro atoms. The minimum atomic E-state index is -0.976. The molecular weight excluding hydrogens is 260 g/mol. The van der Waals surface area contributed by atoms with Crippen LogP contribution in [0.5, 0.6) is 0 Å². The lowest BCUT2D eigenvalue weighted by Gasteiger charge is -2.22. The Hall–Kier alpha value is -1.78. The van der Waals surface area contributed by atoms with Crippen LogP contribution in [0.2, 0.25) is 0 Å². The van der Waals surface area contributed by atoms with Crippen LogP contribution in [0.3, 0.4) is 0 Å². The van der Waals surface area contributed by atoms with E-state index >= 15 is 0 Å². The maximum Gasteiger partial charge on any atom is 0.123 e. The molecule has 2 atom stereocenters. The molecular formula is C16H17F2NO. The molecule has 0 aliphatic carbocycles. The second-order valence-electron chi connectivity index (χ2n) is 4.90. The number of hydrogen-bond acceptors (Lipinski definition) is 2. The molecule has 4 heteroatoms. The van der Waals surface area contributed by atoms with E-state index in [1.165, 1.54) is 24.3 Å². The van der Waals surface area contributed by atoms with Crippen molar-refractivity contribution in [2.24, 2.45) is 5.73 Å². The van der Waals surface area contributed by atoms with Gasteiger partial charge in [0.15, 0.2) is 0 Å². The van der Waals surface area contributed by atoms with Gasteiger partial charge in [-0.1, -0.05) is 18.2 Å². The summed E-state index contributed by atoms with van der Waals surface area (Å²) < 4.78 is 26.7. The lowest BCUT2D eigenvalue weighted by Crippen LogP contribution is -2.20. The van der Waals surface area contributed by atoms with Crippen LogP contribution in [0.25, 0.3) is 0 Å². The van der Waals surface area contributed by atoms with E-state index in [2.05, 4.69) is 0 Å². The Kier molecular flexibility index (Phi) is 4.47. The predicted molar refractivity (Wildman–Crippen MR) is 74.3 cm³/mol. The van der Waals surface area contributed by atoms with Gasteiger partial charge >= 0.3 is 0 Å². The van der Waals surface area contributed by atoms with Crippen molar-refractivity contribution in [1.29, 1.82) is 0 Å². The molecule has 0 heterocycles. The molecule has 0 aromatic heterocycles. The summed E-state index contributed by atoms with van der Waals surface area (Å²) in [6.45, 7) is 1.89. The van der Waals surface area contributed by atoms with E-state index in [1.54, 1.807) is 25.1 Å². The molecule has 0 aliphatic heterocycles. The van der Waals surface area contributed by atoms with Gasteiger partial charge in [0.1, 0.15) is 11.6 Å². The Labute approximate surface area is 116 Å². The zero-order valence-corrected chi connectivity index (χ0v) is 11.2. The summed E-state index contributed by atoms with van der Waals surface area (Å²) in [5.74, 6) is -1.27. The molecule has 106 valence electrons. The minimum absolute atomic E-state index is 0.139. The summed E-state index contributed by atoms with van der Waals surface area (Å²) in [6, 6.07) is 10.3. The highest BCUT2D eigenvalue weighted by Crippen LogP contribution is 2.31. The monoisotopic (exact) mass is 277 g/mol. The average molecular weight is 277 g/mol. The van der Waals surface area contributed by atoms with Crippen molar-refractivity contribution in [2.45, 2.75) is 18.9 Å². The van der Waals surface area contributed by atoms with Gasteiger partial charge in [0.25, 0.3) is 0 Å². The molecule has 0 amide bonds. The first kappa shape index (κ1) is 14.6. The van der Waals surface area contributed by atoms with E-state index in [1.807, 2.05) is 0 Å². The fourth-order valence-corrected chi connectivity index (χ4v) is 2.35. The molecule has 0 saturated carbocycles. The molecule has 0 aliphatic rings. The first-order valence-electron chi connectivity index (χ1n) is 6.42. The number of halogens is 2. The molecule has 3 N–H and O–H groups in total. The standard InChI is InChI=1S/C16H17F2NO/c1-10-5-12(8-14(18)6-10)16(20)15(9-19)11-3-2-4-13(17)7-11/h2-8,15-16,20H,9,19H2,1H3. The number of aliphatic hydroxyl groups is 1. The first-order chi connectivity index (χ1) is 9.51. The van der Waals surface area contributed by atoms with Crippen LogP contribution in [0, 0.1) is 18.6 Å². The van der Waals surface area contributed by atoms with Gasteiger partial charge in [-0.05, 0) is 47.9 Å². The fraction of sp³-hybridized carbons (Fsp3) is 0.250. The second kappa shape index (κ2) is 6.11. The van der Waals surface area contributed by atoms with Crippen molar-refractivity contribution in [3.63, 3.8) is 0 Å². The van der Waals surface area contributed by atoms with E-state index in [9.17, 15) is 13.9 Å². The van der Waals surface area contributed by atoms with Crippen LogP contribution in [0.4, 0.5) is 8.78 Å². The van der Waals surface area contributed by atoms with Crippen molar-refractivity contribution in [3.8, 4) is 0 Å². The maximum atomic E-state index is 13.4. The van der Waals surface area contributed by atoms with Gasteiger partial charge in [-0.15, -0.1) is 0 Å². The second-order valence-corrected chi connectivity index (χ2v) is 4.90. The molecule has 2 aromatic rings. The third-order valence-corrected chi connectivity index (χ3v) is 3.32. The molecule has 0 saturated heterocycles. The maximum absolute atomic E-state index is 13.4. The van der Waals surface area contributed by atoms with Crippen molar-refractivity contribution >= 4 is 0 Å². The molecule has 2 nitrogen and oxygen atoms in total. The molecule has 2 unspecified atom stereocenters. The first-order valence-corrected chi connectivity index (χ1v) is 6.42. The van der Waals surface area contributed by atoms with E-state index in [4.69, 9.17) is 5.73 Å². The third-order valence-electron chi connectivity index (χ3n) is 3.32. The average Bonchev–Trinajstić information content (AvgIpc) is 2.38. The van der Waals surface area contributed by atoms with Crippen LogP contribution >= 0.6 is 0 Å². The Balaban J connectivity index is 2.35. The van der Waals surface area contributed by atoms with E-state index in [-0.39, 0.29) is 12.4 Å². The zero-order valence-electron chi connectivity index (χ0n) is 11.2. The minimum Gasteiger partial charge on any atom is -0.388 e. The Bertz CT molecular complexity index is 581. The molecule has 20 heavy (non-hydrogen) atoms. The highest BCUT2D eigenvalue weighted by Gasteiger charge is 2.22. The topological polar surface area (TPSA) is 46.2 Å². The highest BCUT2D eigenvalue weighted by molar-refractivity contribution is 5.30. The van der Waals surface area contributed by atoms with Gasteiger partial charge in [-0.2, -0.15) is 0 Å². The SMILES string of the molecule is Cc1cc(F)cc(C(O)C(CN)c2cccc(F)c2)c1. The molecule has 2 rings (SSSR count). The van der Waals surface area contributed by atoms with Gasteiger partial charge in [0.05, 0.1) is 6.10 Å². The van der Waals surface area contributed by atoms with Gasteiger partial charge in [0, 0.05) is 12.5 Å². The van der Waals surface area contributed by atoms with E-state index in [0.717, 1.165) is 0 Å². The van der Waals surface area contributed by atoms with Gasteiger partial charge in [-0.25, -0.2) is 8.78 Å². The van der Waals surface area contributed by atoms with Gasteiger partial charge in [0.2, 0.25) is 0 Å². The number of aliphatic hydroxyl groups excluding tert-OH is 1. The summed E-state index contributed by atoms with van der Waals surface area (Å²) in [4.78, 5) is 0. The van der Waals surface area contributed by atoms with E-state index in [0.29, 0.717) is 16.7 Å². The fourth-order valence-electron chi connectivity index (χ4n) is 2.35. The van der Waals surface area contributed by atoms with Crippen LogP contribution < -0.4 is 5.73 Å². The van der Waals surface area contributed by atoms with Crippen molar-refractivity contribution < 1.29 is 13.9 Å². The van der Waals surface area contributed by atoms with Crippen LogP contribution in [0.15, 0.2) is 42.5 Å². The van der Waals surface area contributed by atoms with Crippen molar-refractivity contribution in [3.05, 3.63) is 70.8 Å². The van der Waals surface area contributed by atoms with Crippen molar-refractivity contribution in [2.75, 3.05) is 6.54 Å². The number of rotatable bonds is 4. The Morgan fingerprint density at radius 3 is 2.35 bits per heavy atom. The number of nitrogens with two attached hydrogens (primary N) is 1. The largest absolute Gasteiger partial charge is 0.388 e. The summed E-state index contributed by atoms with van der Waals surface area (Å²) in [5.41, 5.74) is 7.46. The van der Waals surface area contributed by atoms with Crippen LogP contribution in [0.1, 0.15) is 28.7 Å². The number of benzene rings is 2. The molecule has 0 fully saturated rings. The number of aryl methyl sites for hydroxylation is 1. The van der Waals surface area contributed by atoms with Gasteiger partial charge < -0.3 is 10.8 Å². The van der Waals surface area contributed by atoms with Crippen LogP contribution in [-0.4, -0.2) is 11.7 Å². The Morgan fingerprint density at radius 1 is 1.05 bits per heavy atom. The normalized spacial score (nSPS) is 14.1. The summed E-state index contributed by atoms with van der Waals surface area (Å²) in [7, 11) is 0.